The van der Waals surface area contributed by atoms with Gasteiger partial charge in [0.05, 0.1) is 0 Å². The van der Waals surface area contributed by atoms with E-state index < -0.39 is 0 Å². The number of hydrogen-bond donors (Lipinski definition) is 0. The van der Waals surface area contributed by atoms with Crippen molar-refractivity contribution in [2.45, 2.75) is 64.8 Å². The van der Waals surface area contributed by atoms with Gasteiger partial charge in [-0.3, -0.25) is 0 Å². The van der Waals surface area contributed by atoms with Crippen molar-refractivity contribution in [2.75, 3.05) is 18.4 Å². The molecule has 1 aliphatic carbocycles. The summed E-state index contributed by atoms with van der Waals surface area (Å²) in [5.41, 5.74) is 0. The van der Waals surface area contributed by atoms with Crippen molar-refractivity contribution in [3.8, 4) is 0 Å². The van der Waals surface area contributed by atoms with E-state index in [2.05, 4.69) is 34.7 Å². The molecular formula is C14H28BrN. The molecule has 1 nitrogen and oxygen atoms in total. The van der Waals surface area contributed by atoms with Crippen LogP contribution in [0.4, 0.5) is 0 Å². The van der Waals surface area contributed by atoms with E-state index in [4.69, 9.17) is 0 Å². The number of nitrogens with zero attached hydrogens (tertiary/aromatic N) is 1. The van der Waals surface area contributed by atoms with E-state index in [1.165, 1.54) is 63.4 Å². The van der Waals surface area contributed by atoms with E-state index in [0.29, 0.717) is 0 Å². The second-order valence-corrected chi connectivity index (χ2v) is 6.37. The molecule has 16 heavy (non-hydrogen) atoms. The molecule has 0 aliphatic heterocycles. The van der Waals surface area contributed by atoms with Crippen molar-refractivity contribution in [1.29, 1.82) is 0 Å². The Morgan fingerprint density at radius 2 is 1.81 bits per heavy atom. The molecule has 0 saturated heterocycles. The molecule has 0 aromatic heterocycles. The normalized spacial score (nSPS) is 17.8. The van der Waals surface area contributed by atoms with Gasteiger partial charge in [-0.05, 0) is 38.1 Å². The SMILES string of the molecule is CC(C)CN(CCCCCBr)C1CCCC1. The zero-order valence-electron chi connectivity index (χ0n) is 11.1. The zero-order chi connectivity index (χ0) is 11.8. The Bertz CT molecular complexity index is 164. The van der Waals surface area contributed by atoms with Gasteiger partial charge in [0.2, 0.25) is 0 Å². The van der Waals surface area contributed by atoms with Crippen LogP contribution in [0.2, 0.25) is 0 Å². The summed E-state index contributed by atoms with van der Waals surface area (Å²) in [5, 5.41) is 1.17. The fourth-order valence-electron chi connectivity index (χ4n) is 2.75. The first-order chi connectivity index (χ1) is 7.74. The lowest BCUT2D eigenvalue weighted by molar-refractivity contribution is 0.174. The number of unbranched alkanes of at least 4 members (excludes halogenated alkanes) is 2. The van der Waals surface area contributed by atoms with Crippen molar-refractivity contribution < 1.29 is 0 Å². The molecule has 0 heterocycles. The largest absolute Gasteiger partial charge is 0.300 e. The number of rotatable bonds is 8. The minimum absolute atomic E-state index is 0.816. The van der Waals surface area contributed by atoms with Crippen LogP contribution in [0.25, 0.3) is 0 Å². The Labute approximate surface area is 110 Å². The van der Waals surface area contributed by atoms with Gasteiger partial charge < -0.3 is 4.90 Å². The molecule has 0 spiro atoms. The maximum atomic E-state index is 3.51. The summed E-state index contributed by atoms with van der Waals surface area (Å²) in [7, 11) is 0. The molecule has 1 saturated carbocycles. The third-order valence-corrected chi connectivity index (χ3v) is 4.08. The summed E-state index contributed by atoms with van der Waals surface area (Å²) in [5.74, 6) is 0.816. The standard InChI is InChI=1S/C14H28BrN/c1-13(2)12-16(11-7-3-6-10-15)14-8-4-5-9-14/h13-14H,3-12H2,1-2H3. The Morgan fingerprint density at radius 3 is 2.38 bits per heavy atom. The summed E-state index contributed by atoms with van der Waals surface area (Å²) < 4.78 is 0. The highest BCUT2D eigenvalue weighted by Crippen LogP contribution is 2.24. The van der Waals surface area contributed by atoms with Gasteiger partial charge >= 0.3 is 0 Å². The Balaban J connectivity index is 2.25. The summed E-state index contributed by atoms with van der Waals surface area (Å²) >= 11 is 3.51. The van der Waals surface area contributed by atoms with E-state index >= 15 is 0 Å². The van der Waals surface area contributed by atoms with Crippen LogP contribution in [0, 0.1) is 5.92 Å². The molecule has 0 unspecified atom stereocenters. The second kappa shape index (κ2) is 8.52. The van der Waals surface area contributed by atoms with Crippen LogP contribution in [-0.4, -0.2) is 29.4 Å². The maximum absolute atomic E-state index is 3.51. The predicted molar refractivity (Wildman–Crippen MR) is 76.3 cm³/mol. The fourth-order valence-corrected chi connectivity index (χ4v) is 3.14. The number of halogens is 1. The number of alkyl halides is 1. The third-order valence-electron chi connectivity index (χ3n) is 3.52. The first-order valence-electron chi connectivity index (χ1n) is 7.04. The Hall–Kier alpha value is 0.440. The fraction of sp³-hybridized carbons (Fsp3) is 1.00. The van der Waals surface area contributed by atoms with Gasteiger partial charge in [0.1, 0.15) is 0 Å². The summed E-state index contributed by atoms with van der Waals surface area (Å²) in [6.07, 6.45) is 9.92. The minimum atomic E-state index is 0.816. The lowest BCUT2D eigenvalue weighted by atomic mass is 10.1. The van der Waals surface area contributed by atoms with Gasteiger partial charge in [0, 0.05) is 17.9 Å². The lowest BCUT2D eigenvalue weighted by Gasteiger charge is -2.30. The van der Waals surface area contributed by atoms with Gasteiger partial charge in [0.15, 0.2) is 0 Å². The first kappa shape index (κ1) is 14.5. The molecule has 2 heteroatoms. The van der Waals surface area contributed by atoms with E-state index in [9.17, 15) is 0 Å². The van der Waals surface area contributed by atoms with Crippen molar-refractivity contribution in [3.63, 3.8) is 0 Å². The van der Waals surface area contributed by atoms with Crippen molar-refractivity contribution in [3.05, 3.63) is 0 Å². The average Bonchev–Trinajstić information content (AvgIpc) is 2.75. The van der Waals surface area contributed by atoms with E-state index in [0.717, 1.165) is 12.0 Å². The molecular weight excluding hydrogens is 262 g/mol. The monoisotopic (exact) mass is 289 g/mol. The molecule has 96 valence electrons. The molecule has 1 rings (SSSR count). The molecule has 1 aliphatic rings. The molecule has 0 atom stereocenters. The van der Waals surface area contributed by atoms with E-state index in [-0.39, 0.29) is 0 Å². The third kappa shape index (κ3) is 5.67. The number of hydrogen-bond acceptors (Lipinski definition) is 1. The minimum Gasteiger partial charge on any atom is -0.300 e. The van der Waals surface area contributed by atoms with Crippen LogP contribution in [0.3, 0.4) is 0 Å². The quantitative estimate of drug-likeness (QED) is 0.471. The van der Waals surface area contributed by atoms with Gasteiger partial charge in [0.25, 0.3) is 0 Å². The Morgan fingerprint density at radius 1 is 1.12 bits per heavy atom. The highest BCUT2D eigenvalue weighted by molar-refractivity contribution is 9.09. The topological polar surface area (TPSA) is 3.24 Å². The van der Waals surface area contributed by atoms with Gasteiger partial charge in [-0.2, -0.15) is 0 Å². The summed E-state index contributed by atoms with van der Waals surface area (Å²) in [4.78, 5) is 2.77. The van der Waals surface area contributed by atoms with Gasteiger partial charge in [-0.1, -0.05) is 49.0 Å². The highest BCUT2D eigenvalue weighted by atomic mass is 79.9. The second-order valence-electron chi connectivity index (χ2n) is 5.58. The van der Waals surface area contributed by atoms with Crippen LogP contribution in [0.15, 0.2) is 0 Å². The Kier molecular flexibility index (Phi) is 7.72. The van der Waals surface area contributed by atoms with Crippen LogP contribution in [-0.2, 0) is 0 Å². The van der Waals surface area contributed by atoms with Gasteiger partial charge in [-0.15, -0.1) is 0 Å². The van der Waals surface area contributed by atoms with Crippen molar-refractivity contribution in [2.24, 2.45) is 5.92 Å². The molecule has 0 N–H and O–H groups in total. The van der Waals surface area contributed by atoms with Crippen LogP contribution in [0.5, 0.6) is 0 Å². The van der Waals surface area contributed by atoms with E-state index in [1.807, 2.05) is 0 Å². The molecule has 0 aromatic rings. The lowest BCUT2D eigenvalue weighted by Crippen LogP contribution is -2.37. The molecule has 1 fully saturated rings. The van der Waals surface area contributed by atoms with Crippen molar-refractivity contribution in [1.82, 2.24) is 4.90 Å². The average molecular weight is 290 g/mol. The smallest absolute Gasteiger partial charge is 0.00953 e. The van der Waals surface area contributed by atoms with E-state index in [1.54, 1.807) is 0 Å². The van der Waals surface area contributed by atoms with Crippen LogP contribution < -0.4 is 0 Å². The molecule has 0 radical (unpaired) electrons. The summed E-state index contributed by atoms with van der Waals surface area (Å²) in [6, 6.07) is 0.909. The predicted octanol–water partition coefficient (Wildman–Crippen LogP) is 4.45. The maximum Gasteiger partial charge on any atom is 0.00953 e. The van der Waals surface area contributed by atoms with Gasteiger partial charge in [-0.25, -0.2) is 0 Å². The van der Waals surface area contributed by atoms with Crippen molar-refractivity contribution >= 4 is 15.9 Å². The molecule has 0 bridgehead atoms. The summed E-state index contributed by atoms with van der Waals surface area (Å²) in [6.45, 7) is 7.33. The van der Waals surface area contributed by atoms with Crippen LogP contribution in [0.1, 0.15) is 58.8 Å². The molecule has 0 amide bonds. The van der Waals surface area contributed by atoms with Crippen LogP contribution >= 0.6 is 15.9 Å². The highest BCUT2D eigenvalue weighted by Gasteiger charge is 2.22. The molecule has 0 aromatic carbocycles. The zero-order valence-corrected chi connectivity index (χ0v) is 12.6. The first-order valence-corrected chi connectivity index (χ1v) is 8.16.